The fraction of sp³-hybridized carbons (Fsp3) is 0.0769. The van der Waals surface area contributed by atoms with Gasteiger partial charge in [0, 0.05) is 0 Å². The SMILES string of the molecule is C.OB(O)c1c(O)cccc1F.Oc1cccc(F)c1B(F)F.[F-].[K+]. The summed E-state index contributed by atoms with van der Waals surface area (Å²) in [6, 6.07) is 6.55. The van der Waals surface area contributed by atoms with Crippen molar-refractivity contribution in [2.75, 3.05) is 0 Å². The molecule has 132 valence electrons. The first-order valence-corrected chi connectivity index (χ1v) is 5.84. The second kappa shape index (κ2) is 13.6. The van der Waals surface area contributed by atoms with Gasteiger partial charge in [0.15, 0.2) is 0 Å². The van der Waals surface area contributed by atoms with Crippen LogP contribution in [0.25, 0.3) is 0 Å². The van der Waals surface area contributed by atoms with Gasteiger partial charge in [-0.2, -0.15) is 0 Å². The Balaban J connectivity index is -0.000000346. The van der Waals surface area contributed by atoms with Crippen molar-refractivity contribution in [2.24, 2.45) is 0 Å². The van der Waals surface area contributed by atoms with E-state index in [-0.39, 0.29) is 63.5 Å². The van der Waals surface area contributed by atoms with Crippen LogP contribution in [0.3, 0.4) is 0 Å². The maximum atomic E-state index is 12.6. The van der Waals surface area contributed by atoms with Crippen molar-refractivity contribution in [1.82, 2.24) is 0 Å². The van der Waals surface area contributed by atoms with E-state index in [4.69, 9.17) is 20.3 Å². The van der Waals surface area contributed by atoms with Crippen LogP contribution >= 0.6 is 0 Å². The first-order chi connectivity index (χ1) is 10.3. The quantitative estimate of drug-likeness (QED) is 0.306. The summed E-state index contributed by atoms with van der Waals surface area (Å²) in [5, 5.41) is 34.7. The molecule has 0 spiro atoms. The van der Waals surface area contributed by atoms with E-state index in [9.17, 15) is 17.4 Å². The monoisotopic (exact) mass is 390 g/mol. The fourth-order valence-electron chi connectivity index (χ4n) is 1.52. The molecule has 2 rings (SSSR count). The van der Waals surface area contributed by atoms with Crippen molar-refractivity contribution >= 4 is 25.3 Å². The third-order valence-electron chi connectivity index (χ3n) is 2.54. The van der Waals surface area contributed by atoms with Gasteiger partial charge in [0.2, 0.25) is 0 Å². The van der Waals surface area contributed by atoms with E-state index in [1.807, 2.05) is 0 Å². The van der Waals surface area contributed by atoms with E-state index in [1.165, 1.54) is 12.1 Å². The molecule has 0 aliphatic heterocycles. The molecule has 0 aliphatic carbocycles. The summed E-state index contributed by atoms with van der Waals surface area (Å²) >= 11 is 0. The maximum absolute atomic E-state index is 12.6. The van der Waals surface area contributed by atoms with Crippen LogP contribution in [0.4, 0.5) is 17.4 Å². The van der Waals surface area contributed by atoms with Crippen molar-refractivity contribution in [3.63, 3.8) is 0 Å². The van der Waals surface area contributed by atoms with E-state index in [2.05, 4.69) is 0 Å². The van der Waals surface area contributed by atoms with Gasteiger partial charge in [0.05, 0.1) is 10.9 Å². The molecule has 25 heavy (non-hydrogen) atoms. The number of halogens is 5. The van der Waals surface area contributed by atoms with Crippen LogP contribution in [-0.4, -0.2) is 34.6 Å². The van der Waals surface area contributed by atoms with Gasteiger partial charge < -0.3 is 25.0 Å². The molecule has 2 aromatic carbocycles. The van der Waals surface area contributed by atoms with E-state index in [1.54, 1.807) is 0 Å². The largest absolute Gasteiger partial charge is 1.00 e. The molecule has 4 nitrogen and oxygen atoms in total. The number of hydrogen-bond acceptors (Lipinski definition) is 4. The molecule has 0 radical (unpaired) electrons. The van der Waals surface area contributed by atoms with Crippen molar-refractivity contribution in [1.29, 1.82) is 0 Å². The topological polar surface area (TPSA) is 80.9 Å². The molecule has 0 saturated carbocycles. The predicted molar refractivity (Wildman–Crippen MR) is 80.3 cm³/mol. The molecular weight excluding hydrogens is 376 g/mol. The molecule has 4 N–H and O–H groups in total. The first-order valence-electron chi connectivity index (χ1n) is 5.84. The summed E-state index contributed by atoms with van der Waals surface area (Å²) in [5.41, 5.74) is -1.43. The van der Waals surface area contributed by atoms with Gasteiger partial charge in [-0.1, -0.05) is 19.6 Å². The molecule has 2 aromatic rings. The summed E-state index contributed by atoms with van der Waals surface area (Å²) in [7, 11) is -4.95. The number of phenols is 2. The van der Waals surface area contributed by atoms with Gasteiger partial charge in [-0.05, 0) is 24.3 Å². The summed E-state index contributed by atoms with van der Waals surface area (Å²) in [6.07, 6.45) is 0. The first kappa shape index (κ1) is 29.2. The normalized spacial score (nSPS) is 8.56. The fourth-order valence-corrected chi connectivity index (χ4v) is 1.52. The van der Waals surface area contributed by atoms with Crippen molar-refractivity contribution in [2.45, 2.75) is 7.43 Å². The number of aromatic hydroxyl groups is 2. The van der Waals surface area contributed by atoms with E-state index in [0.717, 1.165) is 24.3 Å². The smallest absolute Gasteiger partial charge is 1.00 e. The Labute approximate surface area is 184 Å². The zero-order valence-corrected chi connectivity index (χ0v) is 15.4. The Hall–Kier alpha value is -0.624. The van der Waals surface area contributed by atoms with Crippen molar-refractivity contribution in [3.05, 3.63) is 48.0 Å². The van der Waals surface area contributed by atoms with E-state index in [0.29, 0.717) is 0 Å². The molecule has 0 aliphatic rings. The van der Waals surface area contributed by atoms with Crippen LogP contribution in [0.15, 0.2) is 36.4 Å². The minimum Gasteiger partial charge on any atom is -1.00 e. The minimum atomic E-state index is -2.98. The molecule has 0 aromatic heterocycles. The number of hydrogen-bond donors (Lipinski definition) is 4. The van der Waals surface area contributed by atoms with Crippen molar-refractivity contribution < 1.29 is 93.8 Å². The molecule has 0 bridgehead atoms. The van der Waals surface area contributed by atoms with Crippen LogP contribution in [0.5, 0.6) is 11.5 Å². The summed E-state index contributed by atoms with van der Waals surface area (Å²) in [6.45, 7) is 0. The Kier molecular flexibility index (Phi) is 15.8. The number of rotatable bonds is 2. The zero-order chi connectivity index (χ0) is 16.9. The van der Waals surface area contributed by atoms with E-state index >= 15 is 0 Å². The summed E-state index contributed by atoms with van der Waals surface area (Å²) in [5.74, 6) is -3.08. The minimum absolute atomic E-state index is 0. The van der Waals surface area contributed by atoms with Gasteiger partial charge in [0.1, 0.15) is 23.1 Å². The molecule has 0 atom stereocenters. The van der Waals surface area contributed by atoms with E-state index < -0.39 is 48.4 Å². The molecule has 12 heteroatoms. The summed E-state index contributed by atoms with van der Waals surface area (Å²) < 4.78 is 48.9. The molecule has 0 amide bonds. The van der Waals surface area contributed by atoms with Crippen LogP contribution in [-0.2, 0) is 0 Å². The van der Waals surface area contributed by atoms with Crippen LogP contribution in [0, 0.1) is 11.6 Å². The second-order valence-corrected chi connectivity index (χ2v) is 4.02. The molecule has 0 heterocycles. The molecular formula is C13H14B2F5KO4. The standard InChI is InChI=1S/C6H4BF3O.C6H6BFO3.CH4.FH.K/c8-4-2-1-3-5(11)6(4)7(9)10;8-4-2-1-3-5(9)6(4)7(10)11;;;/h1-3,11H;1-3,9-11H;1H4;1H;/q;;;;+1/p-1. The van der Waals surface area contributed by atoms with Crippen molar-refractivity contribution in [3.8, 4) is 11.5 Å². The summed E-state index contributed by atoms with van der Waals surface area (Å²) in [4.78, 5) is 0. The molecule has 0 fully saturated rings. The third kappa shape index (κ3) is 8.54. The second-order valence-electron chi connectivity index (χ2n) is 4.02. The van der Waals surface area contributed by atoms with Crippen LogP contribution in [0.2, 0.25) is 0 Å². The Bertz CT molecular complexity index is 554. The van der Waals surface area contributed by atoms with Crippen LogP contribution in [0.1, 0.15) is 7.43 Å². The zero-order valence-electron chi connectivity index (χ0n) is 12.3. The number of benzene rings is 2. The van der Waals surface area contributed by atoms with Crippen LogP contribution < -0.4 is 67.0 Å². The van der Waals surface area contributed by atoms with Gasteiger partial charge >= 0.3 is 65.8 Å². The Morgan fingerprint density at radius 3 is 1.32 bits per heavy atom. The number of phenolic OH excluding ortho intramolecular Hbond substituents is 2. The Morgan fingerprint density at radius 1 is 0.760 bits per heavy atom. The molecule has 0 unspecified atom stereocenters. The average molecular weight is 390 g/mol. The average Bonchev–Trinajstić information content (AvgIpc) is 2.38. The third-order valence-corrected chi connectivity index (χ3v) is 2.54. The molecule has 0 saturated heterocycles. The predicted octanol–water partition coefficient (Wildman–Crippen LogP) is -4.98. The maximum Gasteiger partial charge on any atom is 1.00 e. The van der Waals surface area contributed by atoms with Gasteiger partial charge in [0.25, 0.3) is 0 Å². The van der Waals surface area contributed by atoms with Gasteiger partial charge in [-0.3, -0.25) is 8.63 Å². The van der Waals surface area contributed by atoms with Gasteiger partial charge in [-0.25, -0.2) is 8.78 Å². The van der Waals surface area contributed by atoms with Gasteiger partial charge in [-0.15, -0.1) is 0 Å². The Morgan fingerprint density at radius 2 is 1.12 bits per heavy atom.